The third-order valence-electron chi connectivity index (χ3n) is 3.08. The van der Waals surface area contributed by atoms with Crippen molar-refractivity contribution in [1.29, 1.82) is 0 Å². The Hall–Kier alpha value is -2.93. The van der Waals surface area contributed by atoms with Gasteiger partial charge in [0.25, 0.3) is 0 Å². The zero-order valence-corrected chi connectivity index (χ0v) is 14.0. The summed E-state index contributed by atoms with van der Waals surface area (Å²) in [5, 5.41) is 5.86. The fourth-order valence-electron chi connectivity index (χ4n) is 2.00. The maximum absolute atomic E-state index is 11.6. The Morgan fingerprint density at radius 3 is 2.79 bits per heavy atom. The summed E-state index contributed by atoms with van der Waals surface area (Å²) in [7, 11) is 1.34. The molecule has 0 aliphatic heterocycles. The molecule has 0 unspecified atom stereocenters. The number of methoxy groups -OCH3 is 1. The molecule has 0 atom stereocenters. The second-order valence-corrected chi connectivity index (χ2v) is 5.78. The Bertz CT molecular complexity index is 864. The smallest absolute Gasteiger partial charge is 0.337 e. The first kappa shape index (κ1) is 15.9. The van der Waals surface area contributed by atoms with E-state index in [1.165, 1.54) is 18.4 Å². The summed E-state index contributed by atoms with van der Waals surface area (Å²) in [6.07, 6.45) is 1.64. The number of nitrogens with zero attached hydrogens (tertiary/aromatic N) is 2. The third-order valence-corrected chi connectivity index (χ3v) is 3.95. The molecule has 0 radical (unpaired) electrons. The van der Waals surface area contributed by atoms with Crippen LogP contribution in [-0.4, -0.2) is 23.0 Å². The summed E-state index contributed by atoms with van der Waals surface area (Å²) in [6, 6.07) is 10.3. The molecular weight excluding hydrogens is 326 g/mol. The second kappa shape index (κ2) is 7.10. The second-order valence-electron chi connectivity index (χ2n) is 4.92. The fraction of sp³-hybridized carbons (Fsp3) is 0.118. The lowest BCUT2D eigenvalue weighted by Crippen LogP contribution is -2.01. The van der Waals surface area contributed by atoms with Crippen LogP contribution in [0.4, 0.5) is 10.9 Å². The number of esters is 1. The van der Waals surface area contributed by atoms with E-state index in [1.807, 2.05) is 12.3 Å². The summed E-state index contributed by atoms with van der Waals surface area (Å²) < 4.78 is 10.5. The largest absolute Gasteiger partial charge is 0.465 e. The zero-order chi connectivity index (χ0) is 16.9. The normalized spacial score (nSPS) is 10.2. The van der Waals surface area contributed by atoms with Gasteiger partial charge in [-0.15, -0.1) is 11.3 Å². The van der Waals surface area contributed by atoms with Gasteiger partial charge in [0.1, 0.15) is 17.3 Å². The molecule has 122 valence electrons. The minimum absolute atomic E-state index is 0.406. The molecule has 1 N–H and O–H groups in total. The van der Waals surface area contributed by atoms with Crippen molar-refractivity contribution in [2.75, 3.05) is 12.4 Å². The van der Waals surface area contributed by atoms with Crippen LogP contribution in [-0.2, 0) is 4.74 Å². The topological polar surface area (TPSA) is 73.3 Å². The van der Waals surface area contributed by atoms with Crippen LogP contribution in [0.3, 0.4) is 0 Å². The van der Waals surface area contributed by atoms with Crippen LogP contribution in [0.15, 0.2) is 48.0 Å². The van der Waals surface area contributed by atoms with Crippen molar-refractivity contribution in [3.63, 3.8) is 0 Å². The van der Waals surface area contributed by atoms with E-state index in [4.69, 9.17) is 9.47 Å². The van der Waals surface area contributed by atoms with Crippen molar-refractivity contribution < 1.29 is 14.3 Å². The summed E-state index contributed by atoms with van der Waals surface area (Å²) >= 11 is 1.51. The maximum Gasteiger partial charge on any atom is 0.337 e. The number of rotatable bonds is 5. The number of nitrogens with one attached hydrogen (secondary N) is 1. The SMILES string of the molecule is COC(=O)c1cccc(Oc2ccnc(Nc3nc(C)cs3)c2)c1. The summed E-state index contributed by atoms with van der Waals surface area (Å²) in [5.74, 6) is 1.37. The lowest BCUT2D eigenvalue weighted by molar-refractivity contribution is 0.0600. The molecule has 2 aromatic heterocycles. The number of ether oxygens (including phenoxy) is 2. The standard InChI is InChI=1S/C17H15N3O3S/c1-11-10-24-17(19-11)20-15-9-14(6-7-18-15)23-13-5-3-4-12(8-13)16(21)22-2/h3-10H,1-2H3,(H,18,19,20). The van der Waals surface area contributed by atoms with Crippen molar-refractivity contribution in [3.05, 3.63) is 59.2 Å². The van der Waals surface area contributed by atoms with E-state index in [0.29, 0.717) is 22.9 Å². The first-order valence-electron chi connectivity index (χ1n) is 7.15. The maximum atomic E-state index is 11.6. The Balaban J connectivity index is 1.76. The van der Waals surface area contributed by atoms with Crippen molar-refractivity contribution in [2.24, 2.45) is 0 Å². The van der Waals surface area contributed by atoms with Crippen LogP contribution in [0.1, 0.15) is 16.1 Å². The number of pyridine rings is 1. The quantitative estimate of drug-likeness (QED) is 0.702. The number of hydrogen-bond donors (Lipinski definition) is 1. The lowest BCUT2D eigenvalue weighted by Gasteiger charge is -2.08. The van der Waals surface area contributed by atoms with Gasteiger partial charge in [-0.1, -0.05) is 6.07 Å². The molecule has 0 bridgehead atoms. The number of aryl methyl sites for hydroxylation is 1. The van der Waals surface area contributed by atoms with Gasteiger partial charge in [0, 0.05) is 17.6 Å². The van der Waals surface area contributed by atoms with E-state index in [-0.39, 0.29) is 0 Å². The molecule has 0 saturated heterocycles. The molecule has 0 amide bonds. The highest BCUT2D eigenvalue weighted by Gasteiger charge is 2.08. The minimum atomic E-state index is -0.406. The number of carbonyl (C=O) groups is 1. The van der Waals surface area contributed by atoms with Crippen LogP contribution >= 0.6 is 11.3 Å². The third kappa shape index (κ3) is 3.88. The summed E-state index contributed by atoms with van der Waals surface area (Å²) in [4.78, 5) is 20.2. The molecule has 0 aliphatic carbocycles. The molecular formula is C17H15N3O3S. The van der Waals surface area contributed by atoms with Crippen LogP contribution < -0.4 is 10.1 Å². The number of carbonyl (C=O) groups excluding carboxylic acids is 1. The van der Waals surface area contributed by atoms with E-state index in [2.05, 4.69) is 15.3 Å². The Kier molecular flexibility index (Phi) is 4.72. The Morgan fingerprint density at radius 2 is 2.04 bits per heavy atom. The fourth-order valence-corrected chi connectivity index (χ4v) is 2.70. The molecule has 3 rings (SSSR count). The summed E-state index contributed by atoms with van der Waals surface area (Å²) in [5.41, 5.74) is 1.38. The van der Waals surface area contributed by atoms with E-state index >= 15 is 0 Å². The molecule has 6 nitrogen and oxygen atoms in total. The van der Waals surface area contributed by atoms with Gasteiger partial charge in [-0.3, -0.25) is 0 Å². The number of benzene rings is 1. The van der Waals surface area contributed by atoms with Crippen LogP contribution in [0.25, 0.3) is 0 Å². The molecule has 0 saturated carbocycles. The molecule has 1 aromatic carbocycles. The number of anilines is 2. The minimum Gasteiger partial charge on any atom is -0.465 e. The predicted octanol–water partition coefficient (Wildman–Crippen LogP) is 4.17. The van der Waals surface area contributed by atoms with Gasteiger partial charge >= 0.3 is 5.97 Å². The van der Waals surface area contributed by atoms with Crippen molar-refractivity contribution >= 4 is 28.3 Å². The molecule has 3 aromatic rings. The molecule has 0 fully saturated rings. The average molecular weight is 341 g/mol. The molecule has 0 spiro atoms. The van der Waals surface area contributed by atoms with Crippen LogP contribution in [0.5, 0.6) is 11.5 Å². The zero-order valence-electron chi connectivity index (χ0n) is 13.1. The summed E-state index contributed by atoms with van der Waals surface area (Å²) in [6.45, 7) is 1.93. The highest BCUT2D eigenvalue weighted by molar-refractivity contribution is 7.13. The lowest BCUT2D eigenvalue weighted by atomic mass is 10.2. The van der Waals surface area contributed by atoms with Gasteiger partial charge in [-0.2, -0.15) is 0 Å². The van der Waals surface area contributed by atoms with Gasteiger partial charge in [0.05, 0.1) is 18.4 Å². The van der Waals surface area contributed by atoms with Gasteiger partial charge < -0.3 is 14.8 Å². The van der Waals surface area contributed by atoms with Gasteiger partial charge in [0.15, 0.2) is 5.13 Å². The van der Waals surface area contributed by atoms with Crippen LogP contribution in [0.2, 0.25) is 0 Å². The van der Waals surface area contributed by atoms with E-state index < -0.39 is 5.97 Å². The number of hydrogen-bond acceptors (Lipinski definition) is 7. The van der Waals surface area contributed by atoms with Crippen LogP contribution in [0, 0.1) is 6.92 Å². The van der Waals surface area contributed by atoms with E-state index in [0.717, 1.165) is 10.8 Å². The number of aromatic nitrogens is 2. The highest BCUT2D eigenvalue weighted by atomic mass is 32.1. The molecule has 7 heteroatoms. The first-order chi connectivity index (χ1) is 11.6. The average Bonchev–Trinajstić information content (AvgIpc) is 2.99. The van der Waals surface area contributed by atoms with Gasteiger partial charge in [-0.25, -0.2) is 14.8 Å². The van der Waals surface area contributed by atoms with E-state index in [9.17, 15) is 4.79 Å². The Morgan fingerprint density at radius 1 is 1.21 bits per heavy atom. The first-order valence-corrected chi connectivity index (χ1v) is 8.03. The molecule has 0 aliphatic rings. The number of thiazole rings is 1. The Labute approximate surface area is 143 Å². The van der Waals surface area contributed by atoms with E-state index in [1.54, 1.807) is 42.6 Å². The predicted molar refractivity (Wildman–Crippen MR) is 92.2 cm³/mol. The van der Waals surface area contributed by atoms with Crippen molar-refractivity contribution in [1.82, 2.24) is 9.97 Å². The van der Waals surface area contributed by atoms with Crippen molar-refractivity contribution in [3.8, 4) is 11.5 Å². The highest BCUT2D eigenvalue weighted by Crippen LogP contribution is 2.26. The monoisotopic (exact) mass is 341 g/mol. The van der Waals surface area contributed by atoms with Gasteiger partial charge in [-0.05, 0) is 31.2 Å². The molecule has 24 heavy (non-hydrogen) atoms. The van der Waals surface area contributed by atoms with Gasteiger partial charge in [0.2, 0.25) is 0 Å². The van der Waals surface area contributed by atoms with Crippen molar-refractivity contribution in [2.45, 2.75) is 6.92 Å². The molecule has 2 heterocycles.